The van der Waals surface area contributed by atoms with Gasteiger partial charge >= 0.3 is 0 Å². The largest absolute Gasteiger partial charge is 0.361 e. The minimum Gasteiger partial charge on any atom is -0.361 e. The maximum atomic E-state index is 11.6. The number of benzene rings is 1. The third-order valence-corrected chi connectivity index (χ3v) is 5.45. The van der Waals surface area contributed by atoms with Gasteiger partial charge in [0.25, 0.3) is 0 Å². The van der Waals surface area contributed by atoms with Crippen molar-refractivity contribution in [3.05, 3.63) is 41.6 Å². The lowest BCUT2D eigenvalue weighted by Crippen LogP contribution is -2.53. The second-order valence-electron chi connectivity index (χ2n) is 7.23. The first kappa shape index (κ1) is 14.9. The number of rotatable bonds is 2. The second-order valence-corrected chi connectivity index (χ2v) is 7.23. The summed E-state index contributed by atoms with van der Waals surface area (Å²) in [5.74, 6) is -0.115. The van der Waals surface area contributed by atoms with E-state index in [0.29, 0.717) is 25.0 Å². The van der Waals surface area contributed by atoms with Crippen LogP contribution >= 0.6 is 0 Å². The standard InChI is InChI=1S/C19H20N4O2/c24-17-9-23(10-18(25)22-17)8-11-4-14-13-2-1-3-15-19(13)12(7-21-15)5-16(14)20-6-11/h1-4,7,11,16,20-21H,5-6,8-10H2,(H,22,24,25)/t11-,16-/m1/s1. The lowest BCUT2D eigenvalue weighted by molar-refractivity contribution is -0.136. The fourth-order valence-corrected chi connectivity index (χ4v) is 4.44. The summed E-state index contributed by atoms with van der Waals surface area (Å²) in [6, 6.07) is 6.75. The molecular formula is C19H20N4O2. The third-order valence-electron chi connectivity index (χ3n) is 5.45. The highest BCUT2D eigenvalue weighted by Crippen LogP contribution is 2.38. The lowest BCUT2D eigenvalue weighted by atomic mass is 9.81. The predicted molar refractivity (Wildman–Crippen MR) is 94.9 cm³/mol. The summed E-state index contributed by atoms with van der Waals surface area (Å²) < 4.78 is 0. The van der Waals surface area contributed by atoms with Crippen LogP contribution in [-0.4, -0.2) is 53.9 Å². The van der Waals surface area contributed by atoms with Gasteiger partial charge in [0.05, 0.1) is 13.1 Å². The van der Waals surface area contributed by atoms with Crippen molar-refractivity contribution in [2.24, 2.45) is 5.92 Å². The normalized spacial score (nSPS) is 26.3. The predicted octanol–water partition coefficient (Wildman–Crippen LogP) is 0.654. The average Bonchev–Trinajstić information content (AvgIpc) is 2.99. The first-order valence-corrected chi connectivity index (χ1v) is 8.77. The SMILES string of the molecule is O=C1CN(C[C@@H]2C=C3c4cccc5[nH]cc(c45)C[C@H]3NC2)CC(=O)N1. The molecule has 3 heterocycles. The molecule has 2 atom stereocenters. The molecule has 0 saturated carbocycles. The number of nitrogens with zero attached hydrogens (tertiary/aromatic N) is 1. The number of carbonyl (C=O) groups is 2. The summed E-state index contributed by atoms with van der Waals surface area (Å²) in [6.45, 7) is 2.19. The molecule has 6 heteroatoms. The van der Waals surface area contributed by atoms with E-state index in [1.54, 1.807) is 0 Å². The quantitative estimate of drug-likeness (QED) is 0.704. The van der Waals surface area contributed by atoms with Crippen LogP contribution in [0.15, 0.2) is 30.5 Å². The Kier molecular flexibility index (Phi) is 3.29. The number of fused-ring (bicyclic) bond motifs is 2. The van der Waals surface area contributed by atoms with Gasteiger partial charge in [-0.15, -0.1) is 0 Å². The Balaban J connectivity index is 1.45. The number of nitrogens with one attached hydrogen (secondary N) is 3. The smallest absolute Gasteiger partial charge is 0.240 e. The van der Waals surface area contributed by atoms with Gasteiger partial charge in [-0.1, -0.05) is 18.2 Å². The van der Waals surface area contributed by atoms with Gasteiger partial charge in [0, 0.05) is 42.1 Å². The van der Waals surface area contributed by atoms with E-state index in [2.05, 4.69) is 46.1 Å². The van der Waals surface area contributed by atoms with Crippen LogP contribution in [0.4, 0.5) is 0 Å². The van der Waals surface area contributed by atoms with E-state index >= 15 is 0 Å². The van der Waals surface area contributed by atoms with Gasteiger partial charge in [0.15, 0.2) is 0 Å². The van der Waals surface area contributed by atoms with E-state index in [1.165, 1.54) is 27.6 Å². The van der Waals surface area contributed by atoms with Crippen molar-refractivity contribution < 1.29 is 9.59 Å². The minimum absolute atomic E-state index is 0.204. The first-order chi connectivity index (χ1) is 12.2. The van der Waals surface area contributed by atoms with Crippen LogP contribution in [0.5, 0.6) is 0 Å². The van der Waals surface area contributed by atoms with Gasteiger partial charge in [0.1, 0.15) is 0 Å². The molecule has 1 aliphatic carbocycles. The van der Waals surface area contributed by atoms with Crippen LogP contribution in [-0.2, 0) is 16.0 Å². The number of aromatic amines is 1. The summed E-state index contributed by atoms with van der Waals surface area (Å²) in [6.07, 6.45) is 5.47. The van der Waals surface area contributed by atoms with E-state index in [-0.39, 0.29) is 11.8 Å². The minimum atomic E-state index is -0.204. The Morgan fingerprint density at radius 1 is 1.16 bits per heavy atom. The molecule has 0 unspecified atom stereocenters. The summed E-state index contributed by atoms with van der Waals surface area (Å²) in [5, 5.41) is 7.35. The van der Waals surface area contributed by atoms with Crippen molar-refractivity contribution >= 4 is 28.3 Å². The van der Waals surface area contributed by atoms with Crippen molar-refractivity contribution in [3.63, 3.8) is 0 Å². The molecule has 25 heavy (non-hydrogen) atoms. The van der Waals surface area contributed by atoms with Crippen LogP contribution in [0.3, 0.4) is 0 Å². The van der Waals surface area contributed by atoms with Crippen LogP contribution < -0.4 is 10.6 Å². The van der Waals surface area contributed by atoms with Crippen molar-refractivity contribution in [1.29, 1.82) is 0 Å². The second kappa shape index (κ2) is 5.54. The molecule has 1 aromatic carbocycles. The van der Waals surface area contributed by atoms with E-state index in [9.17, 15) is 9.59 Å². The van der Waals surface area contributed by atoms with E-state index in [1.807, 2.05) is 4.90 Å². The molecule has 1 aromatic heterocycles. The van der Waals surface area contributed by atoms with Gasteiger partial charge in [-0.05, 0) is 29.2 Å². The van der Waals surface area contributed by atoms with Gasteiger partial charge in [0.2, 0.25) is 11.8 Å². The van der Waals surface area contributed by atoms with Gasteiger partial charge in [-0.2, -0.15) is 0 Å². The zero-order valence-electron chi connectivity index (χ0n) is 13.8. The van der Waals surface area contributed by atoms with Gasteiger partial charge < -0.3 is 10.3 Å². The van der Waals surface area contributed by atoms with Crippen molar-refractivity contribution in [2.75, 3.05) is 26.2 Å². The Morgan fingerprint density at radius 3 is 2.84 bits per heavy atom. The zero-order chi connectivity index (χ0) is 17.0. The zero-order valence-corrected chi connectivity index (χ0v) is 13.8. The third kappa shape index (κ3) is 2.49. The average molecular weight is 336 g/mol. The number of aromatic nitrogens is 1. The molecule has 1 fully saturated rings. The first-order valence-electron chi connectivity index (χ1n) is 8.77. The highest BCUT2D eigenvalue weighted by atomic mass is 16.2. The maximum absolute atomic E-state index is 11.6. The summed E-state index contributed by atoms with van der Waals surface area (Å²) in [7, 11) is 0. The van der Waals surface area contributed by atoms with E-state index < -0.39 is 0 Å². The van der Waals surface area contributed by atoms with Crippen molar-refractivity contribution in [2.45, 2.75) is 12.5 Å². The Bertz CT molecular complexity index is 897. The van der Waals surface area contributed by atoms with Gasteiger partial charge in [-0.3, -0.25) is 19.8 Å². The highest BCUT2D eigenvalue weighted by molar-refractivity contribution is 5.99. The summed E-state index contributed by atoms with van der Waals surface area (Å²) in [4.78, 5) is 28.5. The molecule has 1 saturated heterocycles. The molecule has 3 N–H and O–H groups in total. The highest BCUT2D eigenvalue weighted by Gasteiger charge is 2.31. The molecule has 5 rings (SSSR count). The molecule has 0 spiro atoms. The molecule has 0 bridgehead atoms. The number of imide groups is 1. The van der Waals surface area contributed by atoms with E-state index in [4.69, 9.17) is 0 Å². The van der Waals surface area contributed by atoms with Crippen LogP contribution in [0.1, 0.15) is 11.1 Å². The number of piperazine rings is 1. The maximum Gasteiger partial charge on any atom is 0.240 e. The number of amides is 2. The fourth-order valence-electron chi connectivity index (χ4n) is 4.44. The molecule has 2 aliphatic heterocycles. The number of H-pyrrole nitrogens is 1. The van der Waals surface area contributed by atoms with E-state index in [0.717, 1.165) is 19.5 Å². The van der Waals surface area contributed by atoms with Crippen LogP contribution in [0.2, 0.25) is 0 Å². The molecule has 128 valence electrons. The number of hydrogen-bond donors (Lipinski definition) is 3. The Labute approximate surface area is 145 Å². The topological polar surface area (TPSA) is 77.2 Å². The molecular weight excluding hydrogens is 316 g/mol. The van der Waals surface area contributed by atoms with Crippen LogP contribution in [0, 0.1) is 5.92 Å². The van der Waals surface area contributed by atoms with Gasteiger partial charge in [-0.25, -0.2) is 0 Å². The van der Waals surface area contributed by atoms with Crippen molar-refractivity contribution in [1.82, 2.24) is 20.5 Å². The van der Waals surface area contributed by atoms with Crippen LogP contribution in [0.25, 0.3) is 16.5 Å². The summed E-state index contributed by atoms with van der Waals surface area (Å²) in [5.41, 5.74) is 5.21. The number of carbonyl (C=O) groups excluding carboxylic acids is 2. The molecule has 0 radical (unpaired) electrons. The molecule has 2 amide bonds. The molecule has 2 aromatic rings. The molecule has 3 aliphatic rings. The lowest BCUT2D eigenvalue weighted by Gasteiger charge is -2.36. The van der Waals surface area contributed by atoms with Crippen molar-refractivity contribution in [3.8, 4) is 0 Å². The summed E-state index contributed by atoms with van der Waals surface area (Å²) >= 11 is 0. The Morgan fingerprint density at radius 2 is 2.00 bits per heavy atom. The number of hydrogen-bond acceptors (Lipinski definition) is 4. The molecule has 6 nitrogen and oxygen atoms in total. The fraction of sp³-hybridized carbons (Fsp3) is 0.368. The monoisotopic (exact) mass is 336 g/mol. The Hall–Kier alpha value is -2.44.